The van der Waals surface area contributed by atoms with Crippen LogP contribution in [-0.2, 0) is 17.4 Å². The van der Waals surface area contributed by atoms with Crippen molar-refractivity contribution in [3.05, 3.63) is 69.9 Å². The van der Waals surface area contributed by atoms with E-state index >= 15 is 0 Å². The number of ether oxygens (including phenoxy) is 1. The number of carbonyl (C=O) groups excluding carboxylic acids is 1. The lowest BCUT2D eigenvalue weighted by Crippen LogP contribution is -2.42. The number of anilines is 3. The van der Waals surface area contributed by atoms with Crippen LogP contribution in [0.4, 0.5) is 17.3 Å². The molecular formula is C27H30ClN5O3. The van der Waals surface area contributed by atoms with Crippen LogP contribution in [0.3, 0.4) is 0 Å². The fourth-order valence-corrected chi connectivity index (χ4v) is 5.10. The van der Waals surface area contributed by atoms with Gasteiger partial charge in [-0.2, -0.15) is 4.98 Å². The van der Waals surface area contributed by atoms with Crippen molar-refractivity contribution in [3.8, 4) is 5.88 Å². The zero-order valence-electron chi connectivity index (χ0n) is 20.9. The summed E-state index contributed by atoms with van der Waals surface area (Å²) in [5.74, 6) is 0.254. The van der Waals surface area contributed by atoms with Crippen LogP contribution in [0, 0.1) is 0 Å². The number of carbonyl (C=O) groups is 1. The van der Waals surface area contributed by atoms with Gasteiger partial charge in [0.15, 0.2) is 6.73 Å². The van der Waals surface area contributed by atoms with Crippen molar-refractivity contribution >= 4 is 34.8 Å². The average molecular weight is 508 g/mol. The maximum Gasteiger partial charge on any atom is 0.268 e. The zero-order chi connectivity index (χ0) is 25.7. The van der Waals surface area contributed by atoms with Crippen molar-refractivity contribution in [1.82, 2.24) is 15.3 Å². The lowest BCUT2D eigenvalue weighted by molar-refractivity contribution is 0.0931. The number of aromatic nitrogens is 2. The summed E-state index contributed by atoms with van der Waals surface area (Å²) in [6.07, 6.45) is 2.42. The number of para-hydroxylation sites is 1. The van der Waals surface area contributed by atoms with Crippen molar-refractivity contribution in [2.45, 2.75) is 45.1 Å². The van der Waals surface area contributed by atoms with E-state index in [0.29, 0.717) is 16.7 Å². The van der Waals surface area contributed by atoms with Gasteiger partial charge < -0.3 is 20.5 Å². The van der Waals surface area contributed by atoms with Crippen molar-refractivity contribution in [3.63, 3.8) is 0 Å². The predicted octanol–water partition coefficient (Wildman–Crippen LogP) is 4.52. The Bertz CT molecular complexity index is 1340. The molecule has 0 saturated carbocycles. The maximum atomic E-state index is 13.4. The Morgan fingerprint density at radius 3 is 2.86 bits per heavy atom. The summed E-state index contributed by atoms with van der Waals surface area (Å²) >= 11 is 6.53. The molecule has 2 aromatic carbocycles. The van der Waals surface area contributed by atoms with E-state index in [1.165, 1.54) is 22.2 Å². The summed E-state index contributed by atoms with van der Waals surface area (Å²) in [5, 5.41) is 17.1. The summed E-state index contributed by atoms with van der Waals surface area (Å²) in [4.78, 5) is 23.8. The number of nitrogens with zero attached hydrogens (tertiary/aromatic N) is 3. The van der Waals surface area contributed by atoms with E-state index < -0.39 is 5.41 Å². The highest BCUT2D eigenvalue weighted by Crippen LogP contribution is 2.40. The van der Waals surface area contributed by atoms with Crippen LogP contribution in [0.5, 0.6) is 5.88 Å². The fraction of sp³-hybridized carbons (Fsp3) is 0.370. The molecule has 5 rings (SSSR count). The van der Waals surface area contributed by atoms with Gasteiger partial charge in [-0.05, 0) is 61.7 Å². The third-order valence-corrected chi connectivity index (χ3v) is 7.24. The first-order valence-electron chi connectivity index (χ1n) is 12.0. The fourth-order valence-electron chi connectivity index (χ4n) is 4.82. The number of fused-ring (bicyclic) bond motifs is 2. The first kappa shape index (κ1) is 24.5. The maximum absolute atomic E-state index is 13.4. The van der Waals surface area contributed by atoms with Gasteiger partial charge in [0.25, 0.3) is 5.91 Å². The van der Waals surface area contributed by atoms with Gasteiger partial charge in [0.1, 0.15) is 5.56 Å². The monoisotopic (exact) mass is 507 g/mol. The number of hydrogen-bond donors (Lipinski definition) is 3. The van der Waals surface area contributed by atoms with Crippen LogP contribution in [-0.4, -0.2) is 40.9 Å². The Hall–Kier alpha value is -3.20. The minimum Gasteiger partial charge on any atom is -0.455 e. The van der Waals surface area contributed by atoms with Crippen molar-refractivity contribution in [2.24, 2.45) is 0 Å². The van der Waals surface area contributed by atoms with E-state index in [1.54, 1.807) is 12.1 Å². The van der Waals surface area contributed by atoms with E-state index in [1.807, 2.05) is 26.0 Å². The average Bonchev–Trinajstić information content (AvgIpc) is 2.84. The topological polar surface area (TPSA) is 99.6 Å². The van der Waals surface area contributed by atoms with E-state index in [0.717, 1.165) is 24.2 Å². The van der Waals surface area contributed by atoms with Crippen LogP contribution >= 0.6 is 11.6 Å². The molecule has 9 heteroatoms. The SMILES string of the molecule is CC(C)(CO)c1cccc(Cl)c1N1COc2nc(Nc3ccc4c(c3)CCNC4(C)C)ncc2C1=O. The third-order valence-electron chi connectivity index (χ3n) is 6.94. The first-order valence-corrected chi connectivity index (χ1v) is 12.4. The van der Waals surface area contributed by atoms with Gasteiger partial charge in [0.05, 0.1) is 17.3 Å². The largest absolute Gasteiger partial charge is 0.455 e. The first-order chi connectivity index (χ1) is 17.1. The minimum atomic E-state index is -0.606. The Morgan fingerprint density at radius 2 is 2.08 bits per heavy atom. The van der Waals surface area contributed by atoms with E-state index in [2.05, 4.69) is 46.6 Å². The Kier molecular flexibility index (Phi) is 6.14. The molecule has 0 atom stereocenters. The highest BCUT2D eigenvalue weighted by molar-refractivity contribution is 6.34. The normalized spacial score (nSPS) is 16.7. The van der Waals surface area contributed by atoms with Crippen LogP contribution in [0.15, 0.2) is 42.6 Å². The van der Waals surface area contributed by atoms with E-state index in [9.17, 15) is 9.90 Å². The smallest absolute Gasteiger partial charge is 0.268 e. The standard InChI is InChI=1S/C27H30ClN5O3/c1-26(2,14-34)20-6-5-7-21(28)22(20)33-15-36-23-18(24(33)35)13-29-25(32-23)31-17-8-9-19-16(12-17)10-11-30-27(19,3)4/h5-9,12-13,30,34H,10-11,14-15H2,1-4H3,(H,29,31,32). The molecule has 0 saturated heterocycles. The Labute approximate surface area is 215 Å². The molecule has 3 N–H and O–H groups in total. The van der Waals surface area contributed by atoms with Gasteiger partial charge in [-0.15, -0.1) is 0 Å². The van der Waals surface area contributed by atoms with Gasteiger partial charge in [0.2, 0.25) is 11.8 Å². The van der Waals surface area contributed by atoms with Crippen LogP contribution in [0.25, 0.3) is 0 Å². The number of aliphatic hydroxyl groups is 1. The summed E-state index contributed by atoms with van der Waals surface area (Å²) in [7, 11) is 0. The van der Waals surface area contributed by atoms with Crippen LogP contribution < -0.4 is 20.3 Å². The number of rotatable bonds is 5. The number of nitrogens with one attached hydrogen (secondary N) is 2. The molecule has 0 spiro atoms. The number of benzene rings is 2. The molecule has 8 nitrogen and oxygen atoms in total. The molecule has 2 aliphatic rings. The summed E-state index contributed by atoms with van der Waals surface area (Å²) in [6.45, 7) is 8.91. The molecule has 0 radical (unpaired) electrons. The number of halogens is 1. The number of aliphatic hydroxyl groups excluding tert-OH is 1. The number of hydrogen-bond acceptors (Lipinski definition) is 7. The van der Waals surface area contributed by atoms with Crippen LogP contribution in [0.1, 0.15) is 54.7 Å². The molecule has 0 bridgehead atoms. The molecule has 1 aromatic heterocycles. The molecule has 3 heterocycles. The van der Waals surface area contributed by atoms with E-state index in [4.69, 9.17) is 16.3 Å². The van der Waals surface area contributed by atoms with E-state index in [-0.39, 0.29) is 36.2 Å². The Balaban J connectivity index is 1.41. The summed E-state index contributed by atoms with van der Waals surface area (Å²) < 4.78 is 5.90. The summed E-state index contributed by atoms with van der Waals surface area (Å²) in [5.41, 5.74) is 4.28. The lowest BCUT2D eigenvalue weighted by atomic mass is 9.84. The van der Waals surface area contributed by atoms with Crippen molar-refractivity contribution in [1.29, 1.82) is 0 Å². The highest BCUT2D eigenvalue weighted by atomic mass is 35.5. The highest BCUT2D eigenvalue weighted by Gasteiger charge is 2.35. The second-order valence-electron chi connectivity index (χ2n) is 10.4. The molecule has 36 heavy (non-hydrogen) atoms. The molecule has 1 amide bonds. The minimum absolute atomic E-state index is 0.0541. The second-order valence-corrected chi connectivity index (χ2v) is 10.8. The molecular weight excluding hydrogens is 478 g/mol. The molecule has 0 fully saturated rings. The van der Waals surface area contributed by atoms with Gasteiger partial charge >= 0.3 is 0 Å². The zero-order valence-corrected chi connectivity index (χ0v) is 21.6. The van der Waals surface area contributed by atoms with Gasteiger partial charge in [0, 0.05) is 22.8 Å². The van der Waals surface area contributed by atoms with Gasteiger partial charge in [-0.25, -0.2) is 4.98 Å². The van der Waals surface area contributed by atoms with Crippen LogP contribution in [0.2, 0.25) is 5.02 Å². The second kappa shape index (κ2) is 9.03. The number of amides is 1. The molecule has 188 valence electrons. The van der Waals surface area contributed by atoms with Crippen molar-refractivity contribution < 1.29 is 14.6 Å². The lowest BCUT2D eigenvalue weighted by Gasteiger charge is -2.34. The molecule has 0 aliphatic carbocycles. The van der Waals surface area contributed by atoms with Crippen molar-refractivity contribution in [2.75, 3.05) is 30.1 Å². The molecule has 3 aromatic rings. The molecule has 0 unspecified atom stereocenters. The predicted molar refractivity (Wildman–Crippen MR) is 140 cm³/mol. The third kappa shape index (κ3) is 4.30. The van der Waals surface area contributed by atoms with Gasteiger partial charge in [-0.3, -0.25) is 9.69 Å². The summed E-state index contributed by atoms with van der Waals surface area (Å²) in [6, 6.07) is 11.6. The quantitative estimate of drug-likeness (QED) is 0.467. The van der Waals surface area contributed by atoms with Gasteiger partial charge in [-0.1, -0.05) is 43.6 Å². The Morgan fingerprint density at radius 1 is 1.28 bits per heavy atom. The molecule has 2 aliphatic heterocycles.